The topological polar surface area (TPSA) is 139 Å². The molecular formula is C35H36N2O9. The van der Waals surface area contributed by atoms with Crippen LogP contribution in [0, 0.1) is 0 Å². The molecule has 2 heterocycles. The highest BCUT2D eigenvalue weighted by Crippen LogP contribution is 2.39. The number of aliphatic carboxylic acids is 1. The number of ether oxygens (including phenoxy) is 5. The van der Waals surface area contributed by atoms with E-state index in [-0.39, 0.29) is 24.2 Å². The van der Waals surface area contributed by atoms with Gasteiger partial charge < -0.3 is 33.9 Å². The first-order valence-corrected chi connectivity index (χ1v) is 14.9. The van der Waals surface area contributed by atoms with Crippen molar-refractivity contribution in [3.63, 3.8) is 0 Å². The summed E-state index contributed by atoms with van der Waals surface area (Å²) in [5.41, 5.74) is 3.27. The van der Waals surface area contributed by atoms with Crippen LogP contribution in [-0.4, -0.2) is 59.4 Å². The molecule has 0 saturated heterocycles. The minimum absolute atomic E-state index is 0.0127. The third-order valence-electron chi connectivity index (χ3n) is 7.60. The van der Waals surface area contributed by atoms with E-state index in [1.54, 1.807) is 61.8 Å². The average molecular weight is 629 g/mol. The molecule has 0 saturated carbocycles. The van der Waals surface area contributed by atoms with Crippen LogP contribution >= 0.6 is 0 Å². The number of aromatic carboxylic acids is 1. The Balaban J connectivity index is 1.58. The van der Waals surface area contributed by atoms with E-state index >= 15 is 0 Å². The normalized spacial score (nSPS) is 12.5. The van der Waals surface area contributed by atoms with Crippen LogP contribution in [0.1, 0.15) is 46.8 Å². The summed E-state index contributed by atoms with van der Waals surface area (Å²) >= 11 is 0. The van der Waals surface area contributed by atoms with Crippen molar-refractivity contribution in [2.45, 2.75) is 39.3 Å². The van der Waals surface area contributed by atoms with Crippen molar-refractivity contribution in [1.29, 1.82) is 0 Å². The Morgan fingerprint density at radius 3 is 2.41 bits per heavy atom. The second kappa shape index (κ2) is 14.6. The lowest BCUT2D eigenvalue weighted by Gasteiger charge is -2.21. The standard InChI is InChI=1S/C35H36N2O9/c1-4-5-12-37-33(28-11-10-26(42-2)18-30(28)46-21-22-8-6-7-9-27(22)35(40)41)25(20-36-37)16-24(34(38)39)15-23-17-31-32(19-29(23)43-3)45-14-13-44-31/h6-11,16-20H,4-5,12-15,21H2,1-3H3,(H,38,39)(H,40,41)/b24-16+. The molecule has 0 unspecified atom stereocenters. The lowest BCUT2D eigenvalue weighted by Crippen LogP contribution is -2.16. The van der Waals surface area contributed by atoms with E-state index in [0.29, 0.717) is 76.5 Å². The lowest BCUT2D eigenvalue weighted by molar-refractivity contribution is -0.132. The van der Waals surface area contributed by atoms with Gasteiger partial charge in [0.25, 0.3) is 0 Å². The van der Waals surface area contributed by atoms with Gasteiger partial charge in [0.1, 0.15) is 37.1 Å². The summed E-state index contributed by atoms with van der Waals surface area (Å²) in [5.74, 6) is 0.390. The van der Waals surface area contributed by atoms with E-state index in [9.17, 15) is 19.8 Å². The number of hydrogen-bond donors (Lipinski definition) is 2. The van der Waals surface area contributed by atoms with E-state index in [2.05, 4.69) is 12.0 Å². The monoisotopic (exact) mass is 628 g/mol. The van der Waals surface area contributed by atoms with Gasteiger partial charge in [-0.15, -0.1) is 0 Å². The van der Waals surface area contributed by atoms with Gasteiger partial charge in [0, 0.05) is 52.9 Å². The second-order valence-electron chi connectivity index (χ2n) is 10.6. The molecule has 2 N–H and O–H groups in total. The number of fused-ring (bicyclic) bond motifs is 1. The summed E-state index contributed by atoms with van der Waals surface area (Å²) in [7, 11) is 3.07. The lowest BCUT2D eigenvalue weighted by atomic mass is 9.99. The van der Waals surface area contributed by atoms with Gasteiger partial charge in [-0.3, -0.25) is 4.68 Å². The molecule has 1 aliphatic heterocycles. The van der Waals surface area contributed by atoms with Gasteiger partial charge >= 0.3 is 11.9 Å². The predicted molar refractivity (Wildman–Crippen MR) is 170 cm³/mol. The number of aromatic nitrogens is 2. The smallest absolute Gasteiger partial charge is 0.336 e. The van der Waals surface area contributed by atoms with E-state index in [1.807, 2.05) is 10.7 Å². The van der Waals surface area contributed by atoms with Crippen molar-refractivity contribution in [2.24, 2.45) is 0 Å². The molecule has 0 bridgehead atoms. The van der Waals surface area contributed by atoms with Crippen LogP contribution < -0.4 is 23.7 Å². The first-order valence-electron chi connectivity index (χ1n) is 14.9. The van der Waals surface area contributed by atoms with Gasteiger partial charge in [-0.2, -0.15) is 5.10 Å². The van der Waals surface area contributed by atoms with Crippen molar-refractivity contribution in [3.05, 3.63) is 88.6 Å². The fraction of sp³-hybridized carbons (Fsp3) is 0.286. The molecule has 1 aliphatic rings. The van der Waals surface area contributed by atoms with Crippen LogP contribution in [0.25, 0.3) is 17.3 Å². The number of unbranched alkanes of at least 4 members (excludes halogenated alkanes) is 1. The van der Waals surface area contributed by atoms with E-state index in [0.717, 1.165) is 12.8 Å². The van der Waals surface area contributed by atoms with Gasteiger partial charge in [0.05, 0.1) is 31.7 Å². The summed E-state index contributed by atoms with van der Waals surface area (Å²) in [4.78, 5) is 24.5. The zero-order chi connectivity index (χ0) is 32.6. The van der Waals surface area contributed by atoms with Crippen molar-refractivity contribution < 1.29 is 43.5 Å². The average Bonchev–Trinajstić information content (AvgIpc) is 3.47. The summed E-state index contributed by atoms with van der Waals surface area (Å²) in [5, 5.41) is 24.6. The second-order valence-corrected chi connectivity index (χ2v) is 10.6. The Kier molecular flexibility index (Phi) is 10.1. The molecule has 11 nitrogen and oxygen atoms in total. The SMILES string of the molecule is CCCCn1ncc(/C=C(\Cc2cc3c(cc2OC)OCCO3)C(=O)O)c1-c1ccc(OC)cc1OCc1ccccc1C(=O)O. The van der Waals surface area contributed by atoms with Crippen molar-refractivity contribution in [2.75, 3.05) is 27.4 Å². The third-order valence-corrected chi connectivity index (χ3v) is 7.60. The maximum absolute atomic E-state index is 12.6. The van der Waals surface area contributed by atoms with Gasteiger partial charge in [-0.1, -0.05) is 31.5 Å². The number of aryl methyl sites for hydroxylation is 1. The zero-order valence-corrected chi connectivity index (χ0v) is 25.9. The summed E-state index contributed by atoms with van der Waals surface area (Å²) in [6.45, 7) is 3.47. The molecule has 1 aromatic heterocycles. The molecule has 0 amide bonds. The summed E-state index contributed by atoms with van der Waals surface area (Å²) in [6, 6.07) is 15.5. The number of nitrogens with zero attached hydrogens (tertiary/aromatic N) is 2. The van der Waals surface area contributed by atoms with Gasteiger partial charge in [0.2, 0.25) is 0 Å². The Bertz CT molecular complexity index is 1760. The third kappa shape index (κ3) is 7.09. The number of benzene rings is 3. The van der Waals surface area contributed by atoms with Crippen LogP contribution in [0.5, 0.6) is 28.7 Å². The fourth-order valence-electron chi connectivity index (χ4n) is 5.25. The van der Waals surface area contributed by atoms with Crippen LogP contribution in [0.3, 0.4) is 0 Å². The maximum Gasteiger partial charge on any atom is 0.336 e. The molecule has 5 rings (SSSR count). The fourth-order valence-corrected chi connectivity index (χ4v) is 5.25. The minimum Gasteiger partial charge on any atom is -0.497 e. The summed E-state index contributed by atoms with van der Waals surface area (Å²) in [6.07, 6.45) is 5.07. The summed E-state index contributed by atoms with van der Waals surface area (Å²) < 4.78 is 30.5. The van der Waals surface area contributed by atoms with Gasteiger partial charge in [0.15, 0.2) is 11.5 Å². The predicted octanol–water partition coefficient (Wildman–Crippen LogP) is 6.13. The van der Waals surface area contributed by atoms with E-state index in [4.69, 9.17) is 23.7 Å². The molecule has 0 atom stereocenters. The number of carboxylic acid groups (broad SMARTS) is 2. The quantitative estimate of drug-likeness (QED) is 0.157. The number of methoxy groups -OCH3 is 2. The number of carboxylic acids is 2. The van der Waals surface area contributed by atoms with Crippen molar-refractivity contribution in [3.8, 4) is 40.0 Å². The maximum atomic E-state index is 12.6. The molecule has 11 heteroatoms. The Labute approximate surface area is 266 Å². The largest absolute Gasteiger partial charge is 0.497 e. The van der Waals surface area contributed by atoms with E-state index in [1.165, 1.54) is 13.2 Å². The molecule has 0 spiro atoms. The number of carbonyl (C=O) groups is 2. The highest BCUT2D eigenvalue weighted by Gasteiger charge is 2.22. The molecule has 46 heavy (non-hydrogen) atoms. The first kappa shape index (κ1) is 32.0. The van der Waals surface area contributed by atoms with Crippen LogP contribution in [-0.2, 0) is 24.4 Å². The van der Waals surface area contributed by atoms with Gasteiger partial charge in [-0.25, -0.2) is 9.59 Å². The van der Waals surface area contributed by atoms with Gasteiger partial charge in [-0.05, 0) is 36.8 Å². The molecule has 240 valence electrons. The molecule has 3 aromatic carbocycles. The minimum atomic E-state index is -1.10. The molecule has 0 aliphatic carbocycles. The Morgan fingerprint density at radius 1 is 0.957 bits per heavy atom. The number of rotatable bonds is 14. The van der Waals surface area contributed by atoms with Crippen LogP contribution in [0.4, 0.5) is 0 Å². The van der Waals surface area contributed by atoms with Crippen LogP contribution in [0.2, 0.25) is 0 Å². The van der Waals surface area contributed by atoms with Crippen molar-refractivity contribution in [1.82, 2.24) is 9.78 Å². The molecule has 0 radical (unpaired) electrons. The highest BCUT2D eigenvalue weighted by molar-refractivity contribution is 5.94. The Morgan fingerprint density at radius 2 is 1.72 bits per heavy atom. The number of hydrogen-bond acceptors (Lipinski definition) is 8. The van der Waals surface area contributed by atoms with E-state index < -0.39 is 11.9 Å². The molecule has 4 aromatic rings. The Hall–Kier alpha value is -5.45. The molecular weight excluding hydrogens is 592 g/mol. The first-order chi connectivity index (χ1) is 22.3. The molecule has 0 fully saturated rings. The van der Waals surface area contributed by atoms with Crippen molar-refractivity contribution >= 4 is 18.0 Å². The highest BCUT2D eigenvalue weighted by atomic mass is 16.6. The van der Waals surface area contributed by atoms with Crippen LogP contribution in [0.15, 0.2) is 66.4 Å². The zero-order valence-electron chi connectivity index (χ0n) is 25.9.